The first-order valence-electron chi connectivity index (χ1n) is 16.8. The Balaban J connectivity index is 0.000000595. The van der Waals surface area contributed by atoms with E-state index < -0.39 is 6.04 Å². The van der Waals surface area contributed by atoms with E-state index in [1.54, 1.807) is 30.2 Å². The van der Waals surface area contributed by atoms with E-state index in [0.29, 0.717) is 19.4 Å². The summed E-state index contributed by atoms with van der Waals surface area (Å²) in [7, 11) is 1.80. The number of likely N-dealkylation sites (tertiary alicyclic amines) is 1. The van der Waals surface area contributed by atoms with Gasteiger partial charge in [-0.15, -0.1) is 11.3 Å². The van der Waals surface area contributed by atoms with Crippen LogP contribution in [0.5, 0.6) is 0 Å². The number of aromatic nitrogens is 1. The van der Waals surface area contributed by atoms with E-state index in [0.717, 1.165) is 55.3 Å². The van der Waals surface area contributed by atoms with Crippen molar-refractivity contribution in [2.45, 2.75) is 125 Å². The summed E-state index contributed by atoms with van der Waals surface area (Å²) in [6, 6.07) is 7.38. The highest BCUT2D eigenvalue weighted by Gasteiger charge is 2.40. The summed E-state index contributed by atoms with van der Waals surface area (Å²) in [6.07, 6.45) is 5.81. The van der Waals surface area contributed by atoms with E-state index >= 15 is 0 Å². The van der Waals surface area contributed by atoms with Crippen molar-refractivity contribution >= 4 is 35.2 Å². The number of aldehydes is 1. The van der Waals surface area contributed by atoms with Gasteiger partial charge in [-0.05, 0) is 83.0 Å². The molecule has 4 atom stereocenters. The van der Waals surface area contributed by atoms with Crippen LogP contribution in [-0.2, 0) is 19.2 Å². The Labute approximate surface area is 281 Å². The fourth-order valence-electron chi connectivity index (χ4n) is 5.50. The van der Waals surface area contributed by atoms with Gasteiger partial charge in [-0.1, -0.05) is 65.8 Å². The Hall–Kier alpha value is -2.95. The largest absolute Gasteiger partial charge is 0.348 e. The number of hydrogen-bond acceptors (Lipinski definition) is 8. The normalized spacial score (nSPS) is 16.2. The molecule has 1 aliphatic rings. The summed E-state index contributed by atoms with van der Waals surface area (Å²) < 4.78 is 0. The average Bonchev–Trinajstić information content (AvgIpc) is 3.69. The molecule has 2 heterocycles. The van der Waals surface area contributed by atoms with Crippen LogP contribution >= 0.6 is 11.3 Å². The van der Waals surface area contributed by atoms with E-state index in [1.807, 2.05) is 73.0 Å². The maximum absolute atomic E-state index is 13.2. The highest BCUT2D eigenvalue weighted by molar-refractivity contribution is 7.13. The zero-order valence-electron chi connectivity index (χ0n) is 29.9. The van der Waals surface area contributed by atoms with Gasteiger partial charge >= 0.3 is 0 Å². The van der Waals surface area contributed by atoms with Crippen LogP contribution in [0.3, 0.4) is 0 Å². The molecule has 3 N–H and O–H groups in total. The second-order valence-electron chi connectivity index (χ2n) is 12.6. The lowest BCUT2D eigenvalue weighted by Crippen LogP contribution is -2.55. The summed E-state index contributed by atoms with van der Waals surface area (Å²) >= 11 is 1.63. The molecule has 1 aliphatic heterocycles. The molecule has 1 saturated heterocycles. The molecule has 0 spiro atoms. The molecule has 0 bridgehead atoms. The monoisotopic (exact) mass is 657 g/mol. The highest BCUT2D eigenvalue weighted by atomic mass is 32.1. The molecule has 2 aromatic rings. The number of carbonyl (C=O) groups is 4. The Kier molecular flexibility index (Phi) is 18.8. The predicted octanol–water partition coefficient (Wildman–Crippen LogP) is 6.26. The third-order valence-electron chi connectivity index (χ3n) is 8.06. The molecule has 1 aromatic carbocycles. The van der Waals surface area contributed by atoms with Gasteiger partial charge in [0.1, 0.15) is 18.1 Å². The minimum atomic E-state index is -0.410. The zero-order valence-corrected chi connectivity index (χ0v) is 30.7. The Morgan fingerprint density at radius 3 is 2.28 bits per heavy atom. The number of benzene rings is 1. The van der Waals surface area contributed by atoms with Crippen LogP contribution in [0.1, 0.15) is 111 Å². The first-order valence-corrected chi connectivity index (χ1v) is 17.7. The molecule has 0 unspecified atom stereocenters. The Morgan fingerprint density at radius 1 is 1.13 bits per heavy atom. The zero-order chi connectivity index (χ0) is 34.9. The molecular formula is C36H59N5O4S. The lowest BCUT2D eigenvalue weighted by atomic mass is 9.86. The van der Waals surface area contributed by atoms with Crippen LogP contribution in [0.25, 0.3) is 10.4 Å². The van der Waals surface area contributed by atoms with Gasteiger partial charge in [0.15, 0.2) is 0 Å². The van der Waals surface area contributed by atoms with E-state index in [-0.39, 0.29) is 41.1 Å². The minimum absolute atomic E-state index is 0.00349. The molecule has 0 aliphatic carbocycles. The fraction of sp³-hybridized carbons (Fsp3) is 0.639. The summed E-state index contributed by atoms with van der Waals surface area (Å²) in [6.45, 7) is 19.2. The molecule has 9 nitrogen and oxygen atoms in total. The minimum Gasteiger partial charge on any atom is -0.348 e. The number of hydrogen-bond donors (Lipinski definition) is 3. The van der Waals surface area contributed by atoms with Gasteiger partial charge < -0.3 is 25.6 Å². The molecule has 0 saturated carbocycles. The number of nitrogens with one attached hydrogen (secondary N) is 3. The van der Waals surface area contributed by atoms with Gasteiger partial charge in [0.05, 0.1) is 34.2 Å². The highest BCUT2D eigenvalue weighted by Crippen LogP contribution is 2.29. The van der Waals surface area contributed by atoms with Crippen molar-refractivity contribution in [3.05, 3.63) is 41.0 Å². The number of ketones is 1. The number of thiazole rings is 1. The van der Waals surface area contributed by atoms with Crippen molar-refractivity contribution in [1.29, 1.82) is 0 Å². The van der Waals surface area contributed by atoms with Crippen molar-refractivity contribution in [2.24, 2.45) is 5.41 Å². The Bertz CT molecular complexity index is 1210. The molecule has 10 heteroatoms. The fourth-order valence-corrected chi connectivity index (χ4v) is 6.31. The van der Waals surface area contributed by atoms with Gasteiger partial charge in [-0.25, -0.2) is 4.98 Å². The number of amides is 2. The molecule has 1 aromatic heterocycles. The summed E-state index contributed by atoms with van der Waals surface area (Å²) in [4.78, 5) is 54.4. The summed E-state index contributed by atoms with van der Waals surface area (Å²) in [5.41, 5.74) is 4.84. The van der Waals surface area contributed by atoms with E-state index in [1.165, 1.54) is 4.88 Å². The molecule has 0 radical (unpaired) electrons. The average molecular weight is 658 g/mol. The predicted molar refractivity (Wildman–Crippen MR) is 190 cm³/mol. The number of Topliss-reactive ketones (excluding diaryl/α,β-unsaturated/α-hetero) is 1. The lowest BCUT2D eigenvalue weighted by molar-refractivity contribution is -0.142. The maximum atomic E-state index is 13.2. The molecular weight excluding hydrogens is 598 g/mol. The number of likely N-dealkylation sites (N-methyl/N-ethyl adjacent to an activating group) is 1. The number of aryl methyl sites for hydroxylation is 1. The molecule has 3 rings (SSSR count). The van der Waals surface area contributed by atoms with Crippen molar-refractivity contribution < 1.29 is 19.2 Å². The molecule has 1 fully saturated rings. The number of nitrogens with zero attached hydrogens (tertiary/aromatic N) is 2. The summed E-state index contributed by atoms with van der Waals surface area (Å²) in [5, 5.41) is 9.42. The SMILES string of the molecule is CC.CC[C@H](NCCCCC=O)C(C)=O.CN[C@H](C(=O)N1CCC[C@H]1C(=O)N[C@@H](C)c1ccc(-c2scnc2C)cc1)C(C)(C)C. The van der Waals surface area contributed by atoms with Crippen molar-refractivity contribution in [1.82, 2.24) is 25.8 Å². The van der Waals surface area contributed by atoms with Crippen LogP contribution in [0.4, 0.5) is 0 Å². The number of rotatable bonds is 14. The van der Waals surface area contributed by atoms with E-state index in [4.69, 9.17) is 0 Å². The van der Waals surface area contributed by atoms with Gasteiger partial charge in [-0.2, -0.15) is 0 Å². The van der Waals surface area contributed by atoms with Crippen LogP contribution in [0.15, 0.2) is 29.8 Å². The van der Waals surface area contributed by atoms with Crippen LogP contribution in [-0.4, -0.2) is 72.0 Å². The number of unbranched alkanes of at least 4 members (excludes halogenated alkanes) is 2. The number of carbonyl (C=O) groups excluding carboxylic acids is 4. The third kappa shape index (κ3) is 12.7. The van der Waals surface area contributed by atoms with Crippen LogP contribution in [0, 0.1) is 12.3 Å². The lowest BCUT2D eigenvalue weighted by Gasteiger charge is -2.35. The molecule has 46 heavy (non-hydrogen) atoms. The quantitative estimate of drug-likeness (QED) is 0.162. The van der Waals surface area contributed by atoms with Gasteiger partial charge in [-0.3, -0.25) is 14.4 Å². The maximum Gasteiger partial charge on any atom is 0.243 e. The second kappa shape index (κ2) is 21.0. The van der Waals surface area contributed by atoms with Crippen LogP contribution < -0.4 is 16.0 Å². The van der Waals surface area contributed by atoms with Crippen LogP contribution in [0.2, 0.25) is 0 Å². The first-order chi connectivity index (χ1) is 21.8. The third-order valence-corrected chi connectivity index (χ3v) is 9.03. The standard InChI is InChI=1S/C24H34N4O2S.C10H19NO2.C2H6/c1-15(17-9-11-18(12-10-17)20-16(2)26-14-31-20)27-22(29)19-8-7-13-28(19)23(30)21(25-6)24(3,4)5;1-3-10(9(2)13)11-7-5-4-6-8-12;1-2/h9-12,14-15,19,21,25H,7-8,13H2,1-6H3,(H,27,29);8,10-11H,3-7H2,1-2H3;1-2H3/t15-,19-,21+;10-;/m00./s1. The van der Waals surface area contributed by atoms with Crippen molar-refractivity contribution in [3.63, 3.8) is 0 Å². The topological polar surface area (TPSA) is 121 Å². The van der Waals surface area contributed by atoms with E-state index in [9.17, 15) is 19.2 Å². The summed E-state index contributed by atoms with van der Waals surface area (Å²) in [5.74, 6) is 0.118. The van der Waals surface area contributed by atoms with E-state index in [2.05, 4.69) is 33.1 Å². The second-order valence-corrected chi connectivity index (χ2v) is 13.4. The van der Waals surface area contributed by atoms with Crippen molar-refractivity contribution in [2.75, 3.05) is 20.1 Å². The molecule has 2 amide bonds. The van der Waals surface area contributed by atoms with Crippen molar-refractivity contribution in [3.8, 4) is 10.4 Å². The van der Waals surface area contributed by atoms with Gasteiger partial charge in [0.2, 0.25) is 11.8 Å². The Morgan fingerprint density at radius 2 is 1.78 bits per heavy atom. The first kappa shape index (κ1) is 41.1. The van der Waals surface area contributed by atoms with Gasteiger partial charge in [0, 0.05) is 13.0 Å². The molecule has 258 valence electrons. The van der Waals surface area contributed by atoms with Gasteiger partial charge in [0.25, 0.3) is 0 Å². The smallest absolute Gasteiger partial charge is 0.243 e.